The van der Waals surface area contributed by atoms with Gasteiger partial charge in [0.15, 0.2) is 0 Å². The van der Waals surface area contributed by atoms with E-state index < -0.39 is 0 Å². The van der Waals surface area contributed by atoms with Crippen LogP contribution in [0.2, 0.25) is 0 Å². The van der Waals surface area contributed by atoms with E-state index in [4.69, 9.17) is 0 Å². The minimum absolute atomic E-state index is 0.249. The van der Waals surface area contributed by atoms with Crippen molar-refractivity contribution < 1.29 is 4.79 Å². The smallest absolute Gasteiger partial charge is 0.251 e. The van der Waals surface area contributed by atoms with Gasteiger partial charge in [0.05, 0.1) is 6.54 Å². The molecule has 2 heterocycles. The lowest BCUT2D eigenvalue weighted by Gasteiger charge is -2.02. The van der Waals surface area contributed by atoms with E-state index >= 15 is 0 Å². The van der Waals surface area contributed by atoms with Gasteiger partial charge in [0.25, 0.3) is 5.91 Å². The summed E-state index contributed by atoms with van der Waals surface area (Å²) in [6, 6.07) is 4.80. The molecule has 0 aliphatic rings. The van der Waals surface area contributed by atoms with Gasteiger partial charge in [-0.25, -0.2) is 0 Å². The van der Waals surface area contributed by atoms with Gasteiger partial charge in [-0.05, 0) is 28.1 Å². The van der Waals surface area contributed by atoms with Gasteiger partial charge >= 0.3 is 0 Å². The Balaban J connectivity index is 2.00. The number of carbonyl (C=O) groups is 1. The number of carbonyl (C=O) groups excluding carboxylic acids is 1. The number of rotatable bonds is 3. The van der Waals surface area contributed by atoms with Gasteiger partial charge in [-0.2, -0.15) is 0 Å². The Hall–Kier alpha value is -1.40. The summed E-state index contributed by atoms with van der Waals surface area (Å²) in [6.07, 6.45) is 1.46. The molecule has 0 unspecified atom stereocenters. The Bertz CT molecular complexity index is 591. The SMILES string of the molecule is O=C(NCc1cc(Br)cs1)c1cc[nH]c(=O)c1. The zero-order chi connectivity index (χ0) is 12.3. The first kappa shape index (κ1) is 12.1. The van der Waals surface area contributed by atoms with Crippen LogP contribution >= 0.6 is 27.3 Å². The zero-order valence-corrected chi connectivity index (χ0v) is 11.1. The first-order valence-electron chi connectivity index (χ1n) is 4.85. The van der Waals surface area contributed by atoms with E-state index in [-0.39, 0.29) is 11.5 Å². The number of halogens is 1. The van der Waals surface area contributed by atoms with E-state index in [0.717, 1.165) is 9.35 Å². The molecular formula is C11H9BrN2O2S. The van der Waals surface area contributed by atoms with Crippen molar-refractivity contribution in [2.24, 2.45) is 0 Å². The van der Waals surface area contributed by atoms with E-state index in [1.807, 2.05) is 11.4 Å². The van der Waals surface area contributed by atoms with Crippen LogP contribution in [0.25, 0.3) is 0 Å². The van der Waals surface area contributed by atoms with Crippen molar-refractivity contribution in [2.75, 3.05) is 0 Å². The van der Waals surface area contributed by atoms with E-state index in [9.17, 15) is 9.59 Å². The van der Waals surface area contributed by atoms with E-state index in [1.54, 1.807) is 17.4 Å². The Labute approximate surface area is 110 Å². The molecule has 0 spiro atoms. The molecule has 0 bridgehead atoms. The second kappa shape index (κ2) is 5.29. The summed E-state index contributed by atoms with van der Waals surface area (Å²) in [6.45, 7) is 0.460. The van der Waals surface area contributed by atoms with E-state index in [1.165, 1.54) is 12.3 Å². The minimum atomic E-state index is -0.281. The average Bonchev–Trinajstić information content (AvgIpc) is 2.72. The van der Waals surface area contributed by atoms with Gasteiger partial charge in [-0.15, -0.1) is 11.3 Å². The predicted molar refractivity (Wildman–Crippen MR) is 70.3 cm³/mol. The quantitative estimate of drug-likeness (QED) is 0.912. The van der Waals surface area contributed by atoms with Gasteiger partial charge < -0.3 is 10.3 Å². The Morgan fingerprint density at radius 3 is 2.94 bits per heavy atom. The van der Waals surface area contributed by atoms with Crippen molar-refractivity contribution in [1.82, 2.24) is 10.3 Å². The molecular weight excluding hydrogens is 304 g/mol. The number of hydrogen-bond acceptors (Lipinski definition) is 3. The molecule has 0 saturated heterocycles. The van der Waals surface area contributed by atoms with Crippen LogP contribution in [0.4, 0.5) is 0 Å². The van der Waals surface area contributed by atoms with Gasteiger partial charge in [-0.3, -0.25) is 9.59 Å². The molecule has 4 nitrogen and oxygen atoms in total. The second-order valence-corrected chi connectivity index (χ2v) is 5.27. The molecule has 88 valence electrons. The molecule has 0 aromatic carbocycles. The largest absolute Gasteiger partial charge is 0.347 e. The number of hydrogen-bond donors (Lipinski definition) is 2. The molecule has 0 aliphatic heterocycles. The molecule has 2 N–H and O–H groups in total. The molecule has 0 fully saturated rings. The summed E-state index contributed by atoms with van der Waals surface area (Å²) < 4.78 is 1.00. The van der Waals surface area contributed by atoms with Crippen molar-refractivity contribution in [3.05, 3.63) is 55.0 Å². The summed E-state index contributed by atoms with van der Waals surface area (Å²) in [5.41, 5.74) is 0.0842. The molecule has 1 amide bonds. The van der Waals surface area contributed by atoms with Crippen LogP contribution in [0.5, 0.6) is 0 Å². The zero-order valence-electron chi connectivity index (χ0n) is 8.70. The third kappa shape index (κ3) is 3.28. The molecule has 0 atom stereocenters. The normalized spacial score (nSPS) is 10.2. The van der Waals surface area contributed by atoms with E-state index in [2.05, 4.69) is 26.2 Å². The highest BCUT2D eigenvalue weighted by molar-refractivity contribution is 9.10. The summed E-state index contributed by atoms with van der Waals surface area (Å²) in [4.78, 5) is 26.3. The average molecular weight is 313 g/mol. The highest BCUT2D eigenvalue weighted by atomic mass is 79.9. The van der Waals surface area contributed by atoms with Gasteiger partial charge in [0.2, 0.25) is 5.56 Å². The van der Waals surface area contributed by atoms with Crippen molar-refractivity contribution >= 4 is 33.2 Å². The fourth-order valence-electron chi connectivity index (χ4n) is 1.30. The first-order valence-corrected chi connectivity index (χ1v) is 6.52. The molecule has 17 heavy (non-hydrogen) atoms. The topological polar surface area (TPSA) is 62.0 Å². The summed E-state index contributed by atoms with van der Waals surface area (Å²) in [7, 11) is 0. The maximum atomic E-state index is 11.7. The lowest BCUT2D eigenvalue weighted by Crippen LogP contribution is -2.23. The Morgan fingerprint density at radius 2 is 2.29 bits per heavy atom. The minimum Gasteiger partial charge on any atom is -0.347 e. The summed E-state index contributed by atoms with van der Waals surface area (Å²) >= 11 is 4.91. The second-order valence-electron chi connectivity index (χ2n) is 3.36. The fraction of sp³-hybridized carbons (Fsp3) is 0.0909. The van der Waals surface area contributed by atoms with Crippen molar-refractivity contribution in [2.45, 2.75) is 6.54 Å². The van der Waals surface area contributed by atoms with Crippen LogP contribution < -0.4 is 10.9 Å². The molecule has 2 aromatic heterocycles. The Kier molecular flexibility index (Phi) is 3.75. The fourth-order valence-corrected chi connectivity index (χ4v) is 2.69. The van der Waals surface area contributed by atoms with Crippen LogP contribution in [0.1, 0.15) is 15.2 Å². The molecule has 2 rings (SSSR count). The monoisotopic (exact) mass is 312 g/mol. The highest BCUT2D eigenvalue weighted by Gasteiger charge is 2.06. The van der Waals surface area contributed by atoms with Crippen LogP contribution in [0, 0.1) is 0 Å². The molecule has 0 saturated carbocycles. The number of aromatic amines is 1. The Morgan fingerprint density at radius 1 is 1.47 bits per heavy atom. The van der Waals surface area contributed by atoms with Crippen LogP contribution in [0.3, 0.4) is 0 Å². The number of H-pyrrole nitrogens is 1. The summed E-state index contributed by atoms with van der Waals surface area (Å²) in [5, 5.41) is 4.71. The molecule has 6 heteroatoms. The van der Waals surface area contributed by atoms with Crippen LogP contribution in [-0.4, -0.2) is 10.9 Å². The maximum Gasteiger partial charge on any atom is 0.251 e. The number of amides is 1. The lowest BCUT2D eigenvalue weighted by atomic mass is 10.2. The van der Waals surface area contributed by atoms with Gasteiger partial charge in [0, 0.05) is 32.6 Å². The van der Waals surface area contributed by atoms with Crippen LogP contribution in [-0.2, 0) is 6.54 Å². The maximum absolute atomic E-state index is 11.7. The van der Waals surface area contributed by atoms with Gasteiger partial charge in [-0.1, -0.05) is 0 Å². The number of pyridine rings is 1. The third-order valence-electron chi connectivity index (χ3n) is 2.08. The highest BCUT2D eigenvalue weighted by Crippen LogP contribution is 2.19. The summed E-state index contributed by atoms with van der Waals surface area (Å²) in [5.74, 6) is -0.249. The van der Waals surface area contributed by atoms with Crippen molar-refractivity contribution in [1.29, 1.82) is 0 Å². The molecule has 2 aromatic rings. The molecule has 0 aliphatic carbocycles. The van der Waals surface area contributed by atoms with Crippen molar-refractivity contribution in [3.63, 3.8) is 0 Å². The molecule has 0 radical (unpaired) electrons. The predicted octanol–water partition coefficient (Wildman–Crippen LogP) is 2.13. The van der Waals surface area contributed by atoms with E-state index in [0.29, 0.717) is 12.1 Å². The standard InChI is InChI=1S/C11H9BrN2O2S/c12-8-4-9(17-6-8)5-14-11(16)7-1-2-13-10(15)3-7/h1-4,6H,5H2,(H,13,15)(H,14,16). The number of aromatic nitrogens is 1. The van der Waals surface area contributed by atoms with Crippen LogP contribution in [0.15, 0.2) is 39.0 Å². The van der Waals surface area contributed by atoms with Crippen molar-refractivity contribution in [3.8, 4) is 0 Å². The lowest BCUT2D eigenvalue weighted by molar-refractivity contribution is 0.0951. The third-order valence-corrected chi connectivity index (χ3v) is 3.78. The van der Waals surface area contributed by atoms with Gasteiger partial charge in [0.1, 0.15) is 0 Å². The number of nitrogens with one attached hydrogen (secondary N) is 2. The first-order chi connectivity index (χ1) is 8.15. The number of thiophene rings is 1.